The fraction of sp³-hybridized carbons (Fsp3) is 0.310. The molecule has 180 valence electrons. The van der Waals surface area contributed by atoms with Crippen LogP contribution in [0, 0.1) is 0 Å². The third-order valence-corrected chi connectivity index (χ3v) is 7.71. The standard InChI is InChI=1S/C29H31N3O2S/c30-32(29-31-25-17-9-10-18-26(25)35-29)19-11-3-1-2-4-12-20-34-28(33)27-23-15-7-5-13-21(23)22-14-6-8-16-24(22)27/h5-10,13-18,27H,1-4,11-12,19-20,30H2. The Morgan fingerprint density at radius 3 is 2.14 bits per heavy atom. The van der Waals surface area contributed by atoms with E-state index in [-0.39, 0.29) is 11.9 Å². The van der Waals surface area contributed by atoms with Crippen molar-refractivity contribution in [3.05, 3.63) is 83.9 Å². The first kappa shape index (κ1) is 23.5. The summed E-state index contributed by atoms with van der Waals surface area (Å²) in [6.07, 6.45) is 6.44. The number of thiazole rings is 1. The lowest BCUT2D eigenvalue weighted by Gasteiger charge is -2.14. The van der Waals surface area contributed by atoms with Gasteiger partial charge in [-0.15, -0.1) is 0 Å². The quantitative estimate of drug-likeness (QED) is 0.111. The fourth-order valence-electron chi connectivity index (χ4n) is 4.84. The minimum absolute atomic E-state index is 0.139. The summed E-state index contributed by atoms with van der Waals surface area (Å²) in [4.78, 5) is 17.5. The molecule has 0 spiro atoms. The second-order valence-corrected chi connectivity index (χ2v) is 10.1. The Kier molecular flexibility index (Phi) is 7.40. The molecule has 0 amide bonds. The van der Waals surface area contributed by atoms with Gasteiger partial charge in [0.1, 0.15) is 5.92 Å². The molecular formula is C29H31N3O2S. The molecule has 1 aliphatic carbocycles. The zero-order chi connectivity index (χ0) is 24.0. The summed E-state index contributed by atoms with van der Waals surface area (Å²) in [7, 11) is 0. The van der Waals surface area contributed by atoms with E-state index in [0.29, 0.717) is 6.61 Å². The maximum atomic E-state index is 12.9. The largest absolute Gasteiger partial charge is 0.465 e. The molecule has 1 heterocycles. The summed E-state index contributed by atoms with van der Waals surface area (Å²) in [5.74, 6) is 5.76. The molecule has 0 saturated heterocycles. The number of hydrogen-bond donors (Lipinski definition) is 1. The number of aromatic nitrogens is 1. The van der Waals surface area contributed by atoms with Crippen LogP contribution in [0.2, 0.25) is 0 Å². The van der Waals surface area contributed by atoms with Crippen LogP contribution in [0.3, 0.4) is 0 Å². The van der Waals surface area contributed by atoms with Gasteiger partial charge in [-0.05, 0) is 47.2 Å². The number of carbonyl (C=O) groups excluding carboxylic acids is 1. The van der Waals surface area contributed by atoms with E-state index in [1.54, 1.807) is 16.3 Å². The highest BCUT2D eigenvalue weighted by molar-refractivity contribution is 7.22. The summed E-state index contributed by atoms with van der Waals surface area (Å²) in [6, 6.07) is 24.4. The van der Waals surface area contributed by atoms with E-state index in [4.69, 9.17) is 10.6 Å². The molecule has 4 aromatic rings. The molecule has 5 rings (SSSR count). The average Bonchev–Trinajstić information content (AvgIpc) is 3.47. The molecule has 0 fully saturated rings. The van der Waals surface area contributed by atoms with Crippen LogP contribution in [-0.4, -0.2) is 24.1 Å². The van der Waals surface area contributed by atoms with Gasteiger partial charge in [0.15, 0.2) is 0 Å². The Morgan fingerprint density at radius 1 is 0.829 bits per heavy atom. The van der Waals surface area contributed by atoms with Crippen molar-refractivity contribution in [3.8, 4) is 11.1 Å². The van der Waals surface area contributed by atoms with Crippen LogP contribution in [0.1, 0.15) is 55.6 Å². The number of ether oxygens (including phenoxy) is 1. The van der Waals surface area contributed by atoms with E-state index in [9.17, 15) is 4.79 Å². The highest BCUT2D eigenvalue weighted by Crippen LogP contribution is 2.45. The van der Waals surface area contributed by atoms with E-state index in [1.165, 1.54) is 4.70 Å². The Bertz CT molecular complexity index is 1220. The summed E-state index contributed by atoms with van der Waals surface area (Å²) in [6.45, 7) is 1.29. The van der Waals surface area contributed by atoms with Gasteiger partial charge in [-0.2, -0.15) is 0 Å². The summed E-state index contributed by atoms with van der Waals surface area (Å²) < 4.78 is 6.87. The Labute approximate surface area is 210 Å². The minimum Gasteiger partial charge on any atom is -0.465 e. The summed E-state index contributed by atoms with van der Waals surface area (Å²) in [5.41, 5.74) is 5.40. The molecule has 0 radical (unpaired) electrons. The number of nitrogens with zero attached hydrogens (tertiary/aromatic N) is 2. The number of hydrogen-bond acceptors (Lipinski definition) is 6. The second kappa shape index (κ2) is 11.0. The Balaban J connectivity index is 0.986. The average molecular weight is 486 g/mol. The van der Waals surface area contributed by atoms with Gasteiger partial charge >= 0.3 is 5.97 Å². The Morgan fingerprint density at radius 2 is 1.43 bits per heavy atom. The summed E-state index contributed by atoms with van der Waals surface area (Å²) >= 11 is 1.63. The first-order valence-corrected chi connectivity index (χ1v) is 13.3. The van der Waals surface area contributed by atoms with Crippen molar-refractivity contribution in [2.75, 3.05) is 18.2 Å². The van der Waals surface area contributed by atoms with Crippen molar-refractivity contribution in [2.24, 2.45) is 5.84 Å². The van der Waals surface area contributed by atoms with Gasteiger partial charge in [0.25, 0.3) is 0 Å². The van der Waals surface area contributed by atoms with Crippen molar-refractivity contribution in [2.45, 2.75) is 44.4 Å². The van der Waals surface area contributed by atoms with E-state index in [1.807, 2.05) is 54.6 Å². The minimum atomic E-state index is -0.308. The van der Waals surface area contributed by atoms with Gasteiger partial charge in [0.05, 0.1) is 16.8 Å². The van der Waals surface area contributed by atoms with Gasteiger partial charge in [-0.1, -0.05) is 97.7 Å². The van der Waals surface area contributed by atoms with Crippen molar-refractivity contribution in [1.29, 1.82) is 0 Å². The van der Waals surface area contributed by atoms with Crippen LogP contribution in [0.15, 0.2) is 72.8 Å². The molecule has 6 heteroatoms. The number of anilines is 1. The van der Waals surface area contributed by atoms with Crippen molar-refractivity contribution < 1.29 is 9.53 Å². The van der Waals surface area contributed by atoms with Crippen LogP contribution in [0.25, 0.3) is 21.3 Å². The van der Waals surface area contributed by atoms with Gasteiger partial charge in [-0.25, -0.2) is 10.8 Å². The normalized spacial score (nSPS) is 12.5. The number of para-hydroxylation sites is 1. The van der Waals surface area contributed by atoms with Crippen LogP contribution in [0.4, 0.5) is 5.13 Å². The second-order valence-electron chi connectivity index (χ2n) is 9.05. The van der Waals surface area contributed by atoms with Gasteiger partial charge in [0.2, 0.25) is 5.13 Å². The van der Waals surface area contributed by atoms with Crippen molar-refractivity contribution >= 4 is 32.7 Å². The monoisotopic (exact) mass is 485 g/mol. The number of carbonyl (C=O) groups is 1. The van der Waals surface area contributed by atoms with Gasteiger partial charge in [-0.3, -0.25) is 9.80 Å². The van der Waals surface area contributed by atoms with Crippen molar-refractivity contribution in [3.63, 3.8) is 0 Å². The lowest BCUT2D eigenvalue weighted by atomic mass is 9.97. The fourth-order valence-corrected chi connectivity index (χ4v) is 5.75. The zero-order valence-corrected chi connectivity index (χ0v) is 20.7. The first-order valence-electron chi connectivity index (χ1n) is 12.4. The van der Waals surface area contributed by atoms with E-state index in [2.05, 4.69) is 23.2 Å². The third kappa shape index (κ3) is 5.24. The molecule has 0 aliphatic heterocycles. The lowest BCUT2D eigenvalue weighted by molar-refractivity contribution is -0.144. The zero-order valence-electron chi connectivity index (χ0n) is 19.9. The number of rotatable bonds is 11. The number of fused-ring (bicyclic) bond motifs is 4. The molecule has 0 atom stereocenters. The predicted molar refractivity (Wildman–Crippen MR) is 144 cm³/mol. The van der Waals surface area contributed by atoms with Crippen molar-refractivity contribution in [1.82, 2.24) is 4.98 Å². The third-order valence-electron chi connectivity index (χ3n) is 6.64. The SMILES string of the molecule is NN(CCCCCCCCOC(=O)C1c2ccccc2-c2ccccc21)c1nc2ccccc2s1. The van der Waals surface area contributed by atoms with Crippen LogP contribution >= 0.6 is 11.3 Å². The summed E-state index contributed by atoms with van der Waals surface area (Å²) in [5, 5.41) is 2.64. The van der Waals surface area contributed by atoms with Crippen LogP contribution in [-0.2, 0) is 9.53 Å². The molecule has 0 saturated carbocycles. The molecule has 3 aromatic carbocycles. The van der Waals surface area contributed by atoms with Gasteiger partial charge < -0.3 is 4.74 Å². The van der Waals surface area contributed by atoms with Crippen LogP contribution in [0.5, 0.6) is 0 Å². The Hall–Kier alpha value is -3.22. The number of esters is 1. The first-order chi connectivity index (χ1) is 17.2. The number of benzene rings is 3. The maximum Gasteiger partial charge on any atom is 0.317 e. The predicted octanol–water partition coefficient (Wildman–Crippen LogP) is 6.67. The number of unbranched alkanes of at least 4 members (excludes halogenated alkanes) is 5. The highest BCUT2D eigenvalue weighted by Gasteiger charge is 2.34. The topological polar surface area (TPSA) is 68.4 Å². The molecule has 0 unspecified atom stereocenters. The smallest absolute Gasteiger partial charge is 0.317 e. The maximum absolute atomic E-state index is 12.9. The lowest BCUT2D eigenvalue weighted by Crippen LogP contribution is -2.31. The van der Waals surface area contributed by atoms with E-state index in [0.717, 1.165) is 78.0 Å². The highest BCUT2D eigenvalue weighted by atomic mass is 32.1. The molecule has 0 bridgehead atoms. The molecule has 5 nitrogen and oxygen atoms in total. The molecule has 1 aliphatic rings. The van der Waals surface area contributed by atoms with E-state index < -0.39 is 0 Å². The van der Waals surface area contributed by atoms with Crippen LogP contribution < -0.4 is 10.9 Å². The molecular weight excluding hydrogens is 454 g/mol. The van der Waals surface area contributed by atoms with E-state index >= 15 is 0 Å². The number of hydrazine groups is 1. The molecule has 2 N–H and O–H groups in total. The molecule has 1 aromatic heterocycles. The number of nitrogens with two attached hydrogens (primary N) is 1. The van der Waals surface area contributed by atoms with Gasteiger partial charge in [0, 0.05) is 6.54 Å². The molecule has 35 heavy (non-hydrogen) atoms.